The molecule has 1 aromatic rings. The Morgan fingerprint density at radius 2 is 2.27 bits per heavy atom. The molecule has 1 aromatic carbocycles. The first kappa shape index (κ1) is 8.14. The highest BCUT2D eigenvalue weighted by Gasteiger charge is 1.99. The molecule has 0 heterocycles. The fraction of sp³-hybridized carbons (Fsp3) is 0.125. The van der Waals surface area contributed by atoms with Crippen LogP contribution in [0.5, 0.6) is 5.75 Å². The Labute approximate surface area is 70.6 Å². The fourth-order valence-electron chi connectivity index (χ4n) is 0.756. The number of carbonyl (C=O) groups is 1. The van der Waals surface area contributed by atoms with Gasteiger partial charge in [0.2, 0.25) is 5.12 Å². The lowest BCUT2D eigenvalue weighted by atomic mass is 10.2. The molecule has 11 heavy (non-hydrogen) atoms. The van der Waals surface area contributed by atoms with Crippen LogP contribution in [0.25, 0.3) is 0 Å². The average Bonchev–Trinajstić information content (AvgIpc) is 2.05. The second-order valence-electron chi connectivity index (χ2n) is 2.04. The molecule has 0 aromatic heterocycles. The highest BCUT2D eigenvalue weighted by molar-refractivity contribution is 7.97. The minimum absolute atomic E-state index is 0.246. The topological polar surface area (TPSA) is 26.3 Å². The molecule has 0 amide bonds. The number of benzene rings is 1. The lowest BCUT2D eigenvalue weighted by molar-refractivity contribution is 0.109. The van der Waals surface area contributed by atoms with Crippen LogP contribution in [-0.2, 0) is 0 Å². The zero-order valence-corrected chi connectivity index (χ0v) is 6.97. The van der Waals surface area contributed by atoms with Crippen LogP contribution in [0.1, 0.15) is 10.4 Å². The largest absolute Gasteiger partial charge is 0.497 e. The maximum Gasteiger partial charge on any atom is 0.216 e. The molecule has 0 fully saturated rings. The summed E-state index contributed by atoms with van der Waals surface area (Å²) in [6.45, 7) is 0. The van der Waals surface area contributed by atoms with Crippen molar-refractivity contribution in [2.45, 2.75) is 0 Å². The third kappa shape index (κ3) is 1.98. The predicted octanol–water partition coefficient (Wildman–Crippen LogP) is 1.77. The van der Waals surface area contributed by atoms with Crippen LogP contribution >= 0.6 is 12.6 Å². The molecule has 3 heteroatoms. The first-order chi connectivity index (χ1) is 5.24. The second kappa shape index (κ2) is 3.44. The highest BCUT2D eigenvalue weighted by atomic mass is 32.1. The summed E-state index contributed by atoms with van der Waals surface area (Å²) in [6.07, 6.45) is 0. The van der Waals surface area contributed by atoms with E-state index in [1.165, 1.54) is 0 Å². The van der Waals surface area contributed by atoms with Crippen LogP contribution in [0, 0.1) is 0 Å². The van der Waals surface area contributed by atoms with Crippen molar-refractivity contribution in [2.24, 2.45) is 0 Å². The van der Waals surface area contributed by atoms with E-state index in [1.54, 1.807) is 31.4 Å². The molecule has 0 N–H and O–H groups in total. The van der Waals surface area contributed by atoms with Crippen LogP contribution in [0.2, 0.25) is 0 Å². The van der Waals surface area contributed by atoms with Crippen molar-refractivity contribution in [1.29, 1.82) is 0 Å². The Bertz CT molecular complexity index is 271. The van der Waals surface area contributed by atoms with Gasteiger partial charge in [-0.25, -0.2) is 0 Å². The van der Waals surface area contributed by atoms with Crippen molar-refractivity contribution in [1.82, 2.24) is 0 Å². The van der Waals surface area contributed by atoms with Gasteiger partial charge in [-0.1, -0.05) is 12.1 Å². The van der Waals surface area contributed by atoms with Crippen LogP contribution in [-0.4, -0.2) is 12.2 Å². The standard InChI is InChI=1S/C8H8O2S/c1-10-7-4-2-3-6(5-7)8(9)11/h2-5H,1H3,(H,9,11). The smallest absolute Gasteiger partial charge is 0.216 e. The van der Waals surface area contributed by atoms with Gasteiger partial charge in [-0.05, 0) is 12.1 Å². The van der Waals surface area contributed by atoms with Gasteiger partial charge in [0.1, 0.15) is 5.75 Å². The fourth-order valence-corrected chi connectivity index (χ4v) is 0.895. The first-order valence-corrected chi connectivity index (χ1v) is 3.56. The molecular weight excluding hydrogens is 160 g/mol. The minimum Gasteiger partial charge on any atom is -0.497 e. The van der Waals surface area contributed by atoms with E-state index in [1.807, 2.05) is 0 Å². The van der Waals surface area contributed by atoms with Crippen LogP contribution in [0.15, 0.2) is 24.3 Å². The van der Waals surface area contributed by atoms with Gasteiger partial charge in [-0.15, -0.1) is 12.6 Å². The monoisotopic (exact) mass is 168 g/mol. The number of carbonyl (C=O) groups excluding carboxylic acids is 1. The van der Waals surface area contributed by atoms with Crippen molar-refractivity contribution < 1.29 is 9.53 Å². The molecular formula is C8H8O2S. The van der Waals surface area contributed by atoms with Crippen LogP contribution in [0.4, 0.5) is 0 Å². The zero-order chi connectivity index (χ0) is 8.27. The zero-order valence-electron chi connectivity index (χ0n) is 6.07. The SMILES string of the molecule is COc1cccc(C(=O)S)c1. The van der Waals surface area contributed by atoms with Gasteiger partial charge in [-0.2, -0.15) is 0 Å². The molecule has 0 spiro atoms. The maximum atomic E-state index is 10.7. The summed E-state index contributed by atoms with van der Waals surface area (Å²) in [7, 11) is 1.56. The van der Waals surface area contributed by atoms with Crippen molar-refractivity contribution >= 4 is 17.7 Å². The number of hydrogen-bond acceptors (Lipinski definition) is 2. The van der Waals surface area contributed by atoms with E-state index in [0.717, 1.165) is 0 Å². The van der Waals surface area contributed by atoms with E-state index in [-0.39, 0.29) is 5.12 Å². The van der Waals surface area contributed by atoms with Gasteiger partial charge in [-0.3, -0.25) is 4.79 Å². The molecule has 0 bridgehead atoms. The van der Waals surface area contributed by atoms with Gasteiger partial charge in [0.15, 0.2) is 0 Å². The van der Waals surface area contributed by atoms with Crippen molar-refractivity contribution in [3.05, 3.63) is 29.8 Å². The number of ether oxygens (including phenoxy) is 1. The molecule has 0 aliphatic rings. The summed E-state index contributed by atoms with van der Waals surface area (Å²) in [5.41, 5.74) is 0.549. The van der Waals surface area contributed by atoms with Gasteiger partial charge in [0, 0.05) is 5.56 Å². The lowest BCUT2D eigenvalue weighted by Crippen LogP contribution is -1.89. The summed E-state index contributed by atoms with van der Waals surface area (Å²) in [5.74, 6) is 0.671. The molecule has 0 saturated heterocycles. The lowest BCUT2D eigenvalue weighted by Gasteiger charge is -1.99. The van der Waals surface area contributed by atoms with E-state index >= 15 is 0 Å². The molecule has 0 saturated carbocycles. The Morgan fingerprint density at radius 1 is 1.55 bits per heavy atom. The molecule has 58 valence electrons. The quantitative estimate of drug-likeness (QED) is 0.681. The van der Waals surface area contributed by atoms with E-state index in [0.29, 0.717) is 11.3 Å². The van der Waals surface area contributed by atoms with Gasteiger partial charge < -0.3 is 4.74 Å². The van der Waals surface area contributed by atoms with E-state index in [9.17, 15) is 4.79 Å². The second-order valence-corrected chi connectivity index (χ2v) is 2.44. The van der Waals surface area contributed by atoms with Crippen LogP contribution in [0.3, 0.4) is 0 Å². The molecule has 0 unspecified atom stereocenters. The number of methoxy groups -OCH3 is 1. The van der Waals surface area contributed by atoms with Crippen molar-refractivity contribution in [2.75, 3.05) is 7.11 Å². The normalized spacial score (nSPS) is 9.27. The Balaban J connectivity index is 3.01. The third-order valence-electron chi connectivity index (χ3n) is 1.32. The molecule has 2 nitrogen and oxygen atoms in total. The Kier molecular flexibility index (Phi) is 2.54. The molecule has 0 atom stereocenters. The number of hydrogen-bond donors (Lipinski definition) is 1. The van der Waals surface area contributed by atoms with Gasteiger partial charge >= 0.3 is 0 Å². The number of thiol groups is 1. The van der Waals surface area contributed by atoms with Gasteiger partial charge in [0.25, 0.3) is 0 Å². The summed E-state index contributed by atoms with van der Waals surface area (Å²) >= 11 is 3.68. The molecule has 1 rings (SSSR count). The maximum absolute atomic E-state index is 10.7. The van der Waals surface area contributed by atoms with Crippen molar-refractivity contribution in [3.63, 3.8) is 0 Å². The van der Waals surface area contributed by atoms with E-state index in [2.05, 4.69) is 12.6 Å². The summed E-state index contributed by atoms with van der Waals surface area (Å²) < 4.78 is 4.92. The summed E-state index contributed by atoms with van der Waals surface area (Å²) in [4.78, 5) is 10.7. The van der Waals surface area contributed by atoms with E-state index in [4.69, 9.17) is 4.74 Å². The molecule has 0 aliphatic carbocycles. The Hall–Kier alpha value is -0.960. The van der Waals surface area contributed by atoms with Gasteiger partial charge in [0.05, 0.1) is 7.11 Å². The van der Waals surface area contributed by atoms with Crippen LogP contribution < -0.4 is 4.74 Å². The minimum atomic E-state index is -0.246. The summed E-state index contributed by atoms with van der Waals surface area (Å²) in [6, 6.07) is 6.87. The molecule has 0 radical (unpaired) electrons. The molecule has 0 aliphatic heterocycles. The third-order valence-corrected chi connectivity index (χ3v) is 1.57. The highest BCUT2D eigenvalue weighted by Crippen LogP contribution is 2.13. The average molecular weight is 168 g/mol. The number of rotatable bonds is 2. The van der Waals surface area contributed by atoms with E-state index < -0.39 is 0 Å². The Morgan fingerprint density at radius 3 is 2.82 bits per heavy atom. The first-order valence-electron chi connectivity index (χ1n) is 3.11. The predicted molar refractivity (Wildman–Crippen MR) is 46.3 cm³/mol. The summed E-state index contributed by atoms with van der Waals surface area (Å²) in [5, 5.41) is -0.246. The van der Waals surface area contributed by atoms with Crippen molar-refractivity contribution in [3.8, 4) is 5.75 Å².